The van der Waals surface area contributed by atoms with Gasteiger partial charge in [0.25, 0.3) is 0 Å². The molecule has 0 bridgehead atoms. The second kappa shape index (κ2) is 8.40. The molecule has 2 rings (SSSR count). The van der Waals surface area contributed by atoms with E-state index in [1.54, 1.807) is 6.07 Å². The number of anilines is 1. The summed E-state index contributed by atoms with van der Waals surface area (Å²) in [5, 5.41) is 0.237. The van der Waals surface area contributed by atoms with Crippen molar-refractivity contribution in [3.63, 3.8) is 0 Å². The molecule has 2 N–H and O–H groups in total. The lowest BCUT2D eigenvalue weighted by molar-refractivity contribution is -0.142. The normalized spacial score (nSPS) is 11.8. The van der Waals surface area contributed by atoms with Crippen molar-refractivity contribution in [1.82, 2.24) is 4.57 Å². The zero-order valence-corrected chi connectivity index (χ0v) is 14.8. The fourth-order valence-electron chi connectivity index (χ4n) is 2.19. The van der Waals surface area contributed by atoms with E-state index in [1.165, 1.54) is 19.2 Å². The van der Waals surface area contributed by atoms with E-state index in [-0.39, 0.29) is 16.2 Å². The van der Waals surface area contributed by atoms with Gasteiger partial charge in [-0.15, -0.1) is 0 Å². The van der Waals surface area contributed by atoms with E-state index in [2.05, 4.69) is 11.6 Å². The highest BCUT2D eigenvalue weighted by molar-refractivity contribution is 6.34. The third-order valence-corrected chi connectivity index (χ3v) is 3.83. The maximum Gasteiger partial charge on any atom is 0.431 e. The number of hydrogen-bond acceptors (Lipinski definition) is 2. The molecular formula is C16H15Cl2F4N3. The van der Waals surface area contributed by atoms with Crippen LogP contribution in [0.1, 0.15) is 5.69 Å². The van der Waals surface area contributed by atoms with Crippen molar-refractivity contribution >= 4 is 35.1 Å². The van der Waals surface area contributed by atoms with Gasteiger partial charge in [-0.25, -0.2) is 0 Å². The van der Waals surface area contributed by atoms with Crippen LogP contribution in [-0.2, 0) is 6.18 Å². The Bertz CT molecular complexity index is 842. The first-order valence-electron chi connectivity index (χ1n) is 6.71. The summed E-state index contributed by atoms with van der Waals surface area (Å²) in [4.78, 5) is 3.94. The second-order valence-electron chi connectivity index (χ2n) is 4.59. The van der Waals surface area contributed by atoms with E-state index in [0.717, 1.165) is 16.8 Å². The molecule has 0 saturated heterocycles. The largest absolute Gasteiger partial charge is 0.431 e. The minimum atomic E-state index is -4.60. The van der Waals surface area contributed by atoms with Crippen molar-refractivity contribution in [2.75, 3.05) is 20.0 Å². The van der Waals surface area contributed by atoms with Crippen LogP contribution in [0.4, 0.5) is 23.2 Å². The first kappa shape index (κ1) is 21.1. The van der Waals surface area contributed by atoms with E-state index >= 15 is 0 Å². The van der Waals surface area contributed by atoms with E-state index in [1.807, 2.05) is 0 Å². The van der Waals surface area contributed by atoms with Crippen LogP contribution in [0.3, 0.4) is 0 Å². The lowest BCUT2D eigenvalue weighted by Crippen LogP contribution is -2.27. The third-order valence-electron chi connectivity index (χ3n) is 3.18. The van der Waals surface area contributed by atoms with Gasteiger partial charge in [0.2, 0.25) is 0 Å². The number of halogens is 6. The number of alkyl halides is 4. The zero-order chi connectivity index (χ0) is 19.4. The van der Waals surface area contributed by atoms with Gasteiger partial charge in [-0.2, -0.15) is 13.2 Å². The summed E-state index contributed by atoms with van der Waals surface area (Å²) >= 11 is 12.0. The molecule has 136 valence electrons. The topological polar surface area (TPSA) is 43.3 Å². The first-order valence-corrected chi connectivity index (χ1v) is 7.47. The van der Waals surface area contributed by atoms with Gasteiger partial charge < -0.3 is 5.73 Å². The van der Waals surface area contributed by atoms with Crippen molar-refractivity contribution in [3.05, 3.63) is 52.1 Å². The highest BCUT2D eigenvalue weighted by atomic mass is 35.5. The predicted octanol–water partition coefficient (Wildman–Crippen LogP) is 5.28. The van der Waals surface area contributed by atoms with Crippen LogP contribution in [0, 0.1) is 0 Å². The number of benzene rings is 1. The van der Waals surface area contributed by atoms with E-state index in [0.29, 0.717) is 23.3 Å². The quantitative estimate of drug-likeness (QED) is 0.545. The number of nitrogens with two attached hydrogens (primary N) is 1. The number of hydrogen-bond donors (Lipinski definition) is 1. The van der Waals surface area contributed by atoms with Crippen LogP contribution in [0.5, 0.6) is 0 Å². The molecule has 0 radical (unpaired) electrons. The third kappa shape index (κ3) is 4.35. The Hall–Kier alpha value is -1.99. The van der Waals surface area contributed by atoms with Crippen molar-refractivity contribution in [2.45, 2.75) is 6.18 Å². The molecule has 0 spiro atoms. The van der Waals surface area contributed by atoms with E-state index in [4.69, 9.17) is 28.9 Å². The van der Waals surface area contributed by atoms with Gasteiger partial charge in [0.1, 0.15) is 11.2 Å². The molecule has 1 heterocycles. The summed E-state index contributed by atoms with van der Waals surface area (Å²) < 4.78 is 49.9. The highest BCUT2D eigenvalue weighted by Crippen LogP contribution is 2.35. The Balaban J connectivity index is 0.00000151. The average molecular weight is 396 g/mol. The summed E-state index contributed by atoms with van der Waals surface area (Å²) in [6, 6.07) is 5.50. The molecule has 1 aromatic heterocycles. The Morgan fingerprint density at radius 3 is 2.20 bits per heavy atom. The van der Waals surface area contributed by atoms with Gasteiger partial charge in [-0.05, 0) is 23.8 Å². The first-order chi connectivity index (χ1) is 11.7. The molecule has 0 saturated carbocycles. The van der Waals surface area contributed by atoms with Gasteiger partial charge in [-0.3, -0.25) is 13.9 Å². The summed E-state index contributed by atoms with van der Waals surface area (Å²) in [7, 11) is 1.87. The molecule has 0 amide bonds. The maximum absolute atomic E-state index is 13.2. The van der Waals surface area contributed by atoms with Crippen LogP contribution >= 0.6 is 23.2 Å². The average Bonchev–Trinajstić information content (AvgIpc) is 2.57. The Kier molecular flexibility index (Phi) is 7.07. The Morgan fingerprint density at radius 2 is 1.76 bits per heavy atom. The highest BCUT2D eigenvalue weighted by Gasteiger charge is 2.35. The predicted molar refractivity (Wildman–Crippen MR) is 94.2 cm³/mol. The van der Waals surface area contributed by atoms with Crippen molar-refractivity contribution in [2.24, 2.45) is 4.99 Å². The number of rotatable bonds is 2. The molecule has 3 nitrogen and oxygen atoms in total. The molecule has 0 aliphatic rings. The maximum atomic E-state index is 13.2. The summed E-state index contributed by atoms with van der Waals surface area (Å²) in [5.74, 6) is 0. The number of pyridine rings is 1. The van der Waals surface area contributed by atoms with Crippen LogP contribution in [0.2, 0.25) is 10.0 Å². The Labute approximate surface area is 152 Å². The van der Waals surface area contributed by atoms with E-state index < -0.39 is 11.9 Å². The van der Waals surface area contributed by atoms with Crippen molar-refractivity contribution in [1.29, 1.82) is 0 Å². The Morgan fingerprint density at radius 1 is 1.16 bits per heavy atom. The van der Waals surface area contributed by atoms with Gasteiger partial charge in [0.15, 0.2) is 0 Å². The SMILES string of the molecule is C=Cn1c(C(F)(F)F)cc(Cl)c(-c2ccc(Cl)c(N)c2)c1=NC.CF. The smallest absolute Gasteiger partial charge is 0.398 e. The molecular weight excluding hydrogens is 381 g/mol. The van der Waals surface area contributed by atoms with Crippen LogP contribution in [0.25, 0.3) is 17.3 Å². The van der Waals surface area contributed by atoms with Gasteiger partial charge >= 0.3 is 6.18 Å². The molecule has 0 fully saturated rings. The molecule has 0 unspecified atom stereocenters. The van der Waals surface area contributed by atoms with Gasteiger partial charge in [0, 0.05) is 18.8 Å². The van der Waals surface area contributed by atoms with Crippen LogP contribution in [0.15, 0.2) is 35.8 Å². The summed E-state index contributed by atoms with van der Waals surface area (Å²) in [5.41, 5.74) is 5.90. The molecule has 0 aliphatic carbocycles. The molecule has 25 heavy (non-hydrogen) atoms. The minimum Gasteiger partial charge on any atom is -0.398 e. The van der Waals surface area contributed by atoms with Gasteiger partial charge in [0.05, 0.1) is 22.9 Å². The summed E-state index contributed by atoms with van der Waals surface area (Å²) in [6.45, 7) is 3.42. The van der Waals surface area contributed by atoms with Crippen molar-refractivity contribution < 1.29 is 17.6 Å². The number of nitrogens with zero attached hydrogens (tertiary/aromatic N) is 2. The fourth-order valence-corrected chi connectivity index (χ4v) is 2.61. The number of nitrogen functional groups attached to an aromatic ring is 1. The monoisotopic (exact) mass is 395 g/mol. The molecule has 0 aliphatic heterocycles. The summed E-state index contributed by atoms with van der Waals surface area (Å²) in [6.07, 6.45) is -3.57. The standard InChI is InChI=1S/C15H12Cl2F3N3.CH3F/c1-3-23-12(15(18,19)20)7-10(17)13(14(23)22-2)8-4-5-9(16)11(21)6-8;1-2/h3-7H,1,21H2,2H3;1H3. The molecule has 2 aromatic rings. The fraction of sp³-hybridized carbons (Fsp3) is 0.188. The van der Waals surface area contributed by atoms with Crippen LogP contribution < -0.4 is 11.2 Å². The molecule has 0 atom stereocenters. The minimum absolute atomic E-state index is 0.0153. The van der Waals surface area contributed by atoms with Gasteiger partial charge in [-0.1, -0.05) is 35.8 Å². The second-order valence-corrected chi connectivity index (χ2v) is 5.40. The van der Waals surface area contributed by atoms with Crippen molar-refractivity contribution in [3.8, 4) is 11.1 Å². The molecule has 1 aromatic carbocycles. The lowest BCUT2D eigenvalue weighted by Gasteiger charge is -2.17. The zero-order valence-electron chi connectivity index (χ0n) is 13.3. The molecule has 9 heteroatoms. The van der Waals surface area contributed by atoms with E-state index in [9.17, 15) is 17.6 Å². The number of aromatic nitrogens is 1. The van der Waals surface area contributed by atoms with Crippen LogP contribution in [-0.4, -0.2) is 18.8 Å². The lowest BCUT2D eigenvalue weighted by atomic mass is 10.1.